The average molecular weight is 385 g/mol. The van der Waals surface area contributed by atoms with E-state index in [0.29, 0.717) is 24.9 Å². The summed E-state index contributed by atoms with van der Waals surface area (Å²) in [6, 6.07) is 7.62. The van der Waals surface area contributed by atoms with Crippen LogP contribution in [0.3, 0.4) is 0 Å². The first kappa shape index (κ1) is 17.6. The molecule has 1 aliphatic rings. The van der Waals surface area contributed by atoms with Crippen molar-refractivity contribution in [3.8, 4) is 17.0 Å². The van der Waals surface area contributed by atoms with Crippen molar-refractivity contribution >= 4 is 22.4 Å². The number of anilines is 1. The van der Waals surface area contributed by atoms with Crippen molar-refractivity contribution < 1.29 is 14.3 Å². The summed E-state index contributed by atoms with van der Waals surface area (Å²) >= 11 is 1.35. The van der Waals surface area contributed by atoms with Crippen LogP contribution >= 0.6 is 11.3 Å². The van der Waals surface area contributed by atoms with Gasteiger partial charge in [0.2, 0.25) is 0 Å². The van der Waals surface area contributed by atoms with Crippen molar-refractivity contribution in [2.75, 3.05) is 25.6 Å². The molecule has 2 aromatic heterocycles. The van der Waals surface area contributed by atoms with Gasteiger partial charge in [-0.1, -0.05) is 24.3 Å². The molecule has 3 aromatic rings. The molecule has 1 saturated heterocycles. The smallest absolute Gasteiger partial charge is 0.279 e. The van der Waals surface area contributed by atoms with E-state index >= 15 is 0 Å². The van der Waals surface area contributed by atoms with Gasteiger partial charge in [0.25, 0.3) is 5.91 Å². The molecule has 0 radical (unpaired) electrons. The third-order valence-corrected chi connectivity index (χ3v) is 5.08. The van der Waals surface area contributed by atoms with E-state index < -0.39 is 0 Å². The lowest BCUT2D eigenvalue weighted by Gasteiger charge is -2.37. The lowest BCUT2D eigenvalue weighted by molar-refractivity contribution is -0.111. The predicted molar refractivity (Wildman–Crippen MR) is 101 cm³/mol. The van der Waals surface area contributed by atoms with E-state index in [1.807, 2.05) is 29.6 Å². The molecule has 1 aromatic carbocycles. The number of benzene rings is 1. The number of hydrogen-bond donors (Lipinski definition) is 1. The van der Waals surface area contributed by atoms with E-state index in [1.165, 1.54) is 11.3 Å². The van der Waals surface area contributed by atoms with E-state index in [0.717, 1.165) is 17.0 Å². The summed E-state index contributed by atoms with van der Waals surface area (Å²) in [5.74, 6) is 0.397. The zero-order valence-electron chi connectivity index (χ0n) is 15.0. The van der Waals surface area contributed by atoms with Gasteiger partial charge in [-0.2, -0.15) is 0 Å². The number of hydrogen-bond acceptors (Lipinski definition) is 7. The number of ether oxygens (including phenoxy) is 2. The Morgan fingerprint density at radius 1 is 1.41 bits per heavy atom. The minimum atomic E-state index is -0.336. The summed E-state index contributed by atoms with van der Waals surface area (Å²) in [6.45, 7) is 4.17. The number of thiazole rings is 1. The van der Waals surface area contributed by atoms with E-state index in [2.05, 4.69) is 27.5 Å². The first-order valence-corrected chi connectivity index (χ1v) is 9.32. The van der Waals surface area contributed by atoms with Crippen LogP contribution in [0.25, 0.3) is 11.3 Å². The number of nitrogens with zero attached hydrogens (tertiary/aromatic N) is 4. The van der Waals surface area contributed by atoms with Gasteiger partial charge in [-0.25, -0.2) is 4.98 Å². The minimum absolute atomic E-state index is 0.0559. The molecule has 8 nitrogen and oxygen atoms in total. The van der Waals surface area contributed by atoms with Crippen LogP contribution in [0.1, 0.15) is 17.4 Å². The first-order chi connectivity index (χ1) is 13.1. The van der Waals surface area contributed by atoms with Crippen molar-refractivity contribution in [3.05, 3.63) is 41.5 Å². The normalized spacial score (nSPS) is 15.2. The highest BCUT2D eigenvalue weighted by atomic mass is 32.1. The highest BCUT2D eigenvalue weighted by Crippen LogP contribution is 2.32. The van der Waals surface area contributed by atoms with Gasteiger partial charge in [0.05, 0.1) is 38.8 Å². The van der Waals surface area contributed by atoms with Crippen LogP contribution in [0.4, 0.5) is 5.13 Å². The van der Waals surface area contributed by atoms with E-state index in [-0.39, 0.29) is 17.0 Å². The Morgan fingerprint density at radius 2 is 2.22 bits per heavy atom. The second-order valence-corrected chi connectivity index (χ2v) is 7.66. The standard InChI is InChI=1S/C18H19N5O3S/c1-18(10-26-11-18)9-23-7-13(21-22-23)16(24)20-17-19-14(8-27-17)12-5-3-4-6-15(12)25-2/h3-8H,9-11H2,1-2H3,(H,19,20,24). The van der Waals surface area contributed by atoms with Crippen LogP contribution in [0.15, 0.2) is 35.8 Å². The van der Waals surface area contributed by atoms with Gasteiger partial charge in [0.15, 0.2) is 10.8 Å². The average Bonchev–Trinajstić information content (AvgIpc) is 3.30. The molecule has 1 aliphatic heterocycles. The Morgan fingerprint density at radius 3 is 2.96 bits per heavy atom. The molecule has 3 heterocycles. The number of nitrogens with one attached hydrogen (secondary N) is 1. The summed E-state index contributed by atoms with van der Waals surface area (Å²) in [5.41, 5.74) is 1.93. The van der Waals surface area contributed by atoms with Crippen LogP contribution in [0.5, 0.6) is 5.75 Å². The summed E-state index contributed by atoms with van der Waals surface area (Å²) in [4.78, 5) is 16.9. The molecule has 0 aliphatic carbocycles. The molecule has 140 valence electrons. The first-order valence-electron chi connectivity index (χ1n) is 8.44. The highest BCUT2D eigenvalue weighted by molar-refractivity contribution is 7.14. The summed E-state index contributed by atoms with van der Waals surface area (Å²) in [6.07, 6.45) is 1.65. The van der Waals surface area contributed by atoms with E-state index in [9.17, 15) is 4.79 Å². The molecule has 0 unspecified atom stereocenters. The maximum atomic E-state index is 12.4. The Labute approximate surface area is 160 Å². The fourth-order valence-electron chi connectivity index (χ4n) is 2.88. The van der Waals surface area contributed by atoms with Gasteiger partial charge >= 0.3 is 0 Å². The van der Waals surface area contributed by atoms with Crippen molar-refractivity contribution in [1.82, 2.24) is 20.0 Å². The molecule has 4 rings (SSSR count). The maximum absolute atomic E-state index is 12.4. The summed E-state index contributed by atoms with van der Waals surface area (Å²) < 4.78 is 12.3. The lowest BCUT2D eigenvalue weighted by Crippen LogP contribution is -2.43. The van der Waals surface area contributed by atoms with Crippen molar-refractivity contribution in [3.63, 3.8) is 0 Å². The highest BCUT2D eigenvalue weighted by Gasteiger charge is 2.34. The second kappa shape index (κ2) is 7.09. The Kier molecular flexibility index (Phi) is 4.63. The zero-order chi connectivity index (χ0) is 18.9. The quantitative estimate of drug-likeness (QED) is 0.702. The molecule has 9 heteroatoms. The fourth-order valence-corrected chi connectivity index (χ4v) is 3.59. The third kappa shape index (κ3) is 3.69. The Hall–Kier alpha value is -2.78. The van der Waals surface area contributed by atoms with Crippen LogP contribution in [0.2, 0.25) is 0 Å². The molecule has 27 heavy (non-hydrogen) atoms. The molecular formula is C18H19N5O3S. The molecule has 0 spiro atoms. The predicted octanol–water partition coefficient (Wildman–Crippen LogP) is 2.70. The molecule has 0 atom stereocenters. The maximum Gasteiger partial charge on any atom is 0.279 e. The van der Waals surface area contributed by atoms with E-state index in [4.69, 9.17) is 9.47 Å². The zero-order valence-corrected chi connectivity index (χ0v) is 15.8. The number of para-hydroxylation sites is 1. The summed E-state index contributed by atoms with van der Waals surface area (Å²) in [5, 5.41) is 13.2. The Balaban J connectivity index is 1.44. The minimum Gasteiger partial charge on any atom is -0.496 e. The van der Waals surface area contributed by atoms with Gasteiger partial charge in [-0.15, -0.1) is 16.4 Å². The molecule has 1 N–H and O–H groups in total. The van der Waals surface area contributed by atoms with Crippen molar-refractivity contribution in [2.45, 2.75) is 13.5 Å². The number of aromatic nitrogens is 4. The molecule has 0 bridgehead atoms. The number of rotatable bonds is 6. The van der Waals surface area contributed by atoms with E-state index in [1.54, 1.807) is 18.0 Å². The monoisotopic (exact) mass is 385 g/mol. The summed E-state index contributed by atoms with van der Waals surface area (Å²) in [7, 11) is 1.62. The fraction of sp³-hybridized carbons (Fsp3) is 0.333. The van der Waals surface area contributed by atoms with Gasteiger partial charge in [0, 0.05) is 16.4 Å². The topological polar surface area (TPSA) is 91.2 Å². The molecule has 1 fully saturated rings. The third-order valence-electron chi connectivity index (χ3n) is 4.32. The van der Waals surface area contributed by atoms with Gasteiger partial charge in [-0.3, -0.25) is 14.8 Å². The van der Waals surface area contributed by atoms with Crippen molar-refractivity contribution in [1.29, 1.82) is 0 Å². The van der Waals surface area contributed by atoms with Crippen LogP contribution in [-0.2, 0) is 11.3 Å². The molecule has 1 amide bonds. The molecular weight excluding hydrogens is 366 g/mol. The lowest BCUT2D eigenvalue weighted by atomic mass is 9.89. The molecule has 0 saturated carbocycles. The van der Waals surface area contributed by atoms with Gasteiger partial charge < -0.3 is 9.47 Å². The number of methoxy groups -OCH3 is 1. The number of amides is 1. The van der Waals surface area contributed by atoms with Crippen LogP contribution < -0.4 is 10.1 Å². The number of carbonyl (C=O) groups excluding carboxylic acids is 1. The SMILES string of the molecule is COc1ccccc1-c1csc(NC(=O)c2cn(CC3(C)COC3)nn2)n1. The van der Waals surface area contributed by atoms with Crippen LogP contribution in [0, 0.1) is 5.41 Å². The number of carbonyl (C=O) groups is 1. The second-order valence-electron chi connectivity index (χ2n) is 6.80. The van der Waals surface area contributed by atoms with Crippen LogP contribution in [-0.4, -0.2) is 46.2 Å². The largest absolute Gasteiger partial charge is 0.496 e. The Bertz CT molecular complexity index is 963. The van der Waals surface area contributed by atoms with Crippen molar-refractivity contribution in [2.24, 2.45) is 5.41 Å². The van der Waals surface area contributed by atoms with Gasteiger partial charge in [-0.05, 0) is 12.1 Å². The van der Waals surface area contributed by atoms with Gasteiger partial charge in [0.1, 0.15) is 5.75 Å².